The maximum Gasteiger partial charge on any atom is 0.271 e. The highest BCUT2D eigenvalue weighted by atomic mass is 16.5. The minimum atomic E-state index is -0.644. The van der Waals surface area contributed by atoms with Crippen molar-refractivity contribution in [3.63, 3.8) is 0 Å². The lowest BCUT2D eigenvalue weighted by Crippen LogP contribution is -2.45. The molecule has 2 aliphatic heterocycles. The molecule has 0 radical (unpaired) electrons. The molecule has 9 heteroatoms. The van der Waals surface area contributed by atoms with Crippen LogP contribution in [-0.2, 0) is 13.0 Å². The third-order valence-corrected chi connectivity index (χ3v) is 7.93. The molecule has 2 amide bonds. The van der Waals surface area contributed by atoms with E-state index in [-0.39, 0.29) is 29.7 Å². The van der Waals surface area contributed by atoms with E-state index in [4.69, 9.17) is 16.2 Å². The third kappa shape index (κ3) is 4.23. The summed E-state index contributed by atoms with van der Waals surface area (Å²) in [4.78, 5) is 35.1. The van der Waals surface area contributed by atoms with E-state index in [1.54, 1.807) is 18.3 Å². The van der Waals surface area contributed by atoms with Crippen molar-refractivity contribution in [2.45, 2.75) is 31.8 Å². The zero-order valence-electron chi connectivity index (χ0n) is 20.9. The lowest BCUT2D eigenvalue weighted by molar-refractivity contribution is 0.0963. The Bertz CT molecular complexity index is 1500. The van der Waals surface area contributed by atoms with Gasteiger partial charge in [-0.05, 0) is 59.4 Å². The van der Waals surface area contributed by atoms with Crippen LogP contribution < -0.4 is 26.4 Å². The maximum absolute atomic E-state index is 12.3. The van der Waals surface area contributed by atoms with Gasteiger partial charge in [0.25, 0.3) is 11.8 Å². The van der Waals surface area contributed by atoms with Gasteiger partial charge in [-0.3, -0.25) is 9.59 Å². The van der Waals surface area contributed by atoms with Crippen LogP contribution >= 0.6 is 0 Å². The van der Waals surface area contributed by atoms with Gasteiger partial charge in [-0.15, -0.1) is 0 Å². The van der Waals surface area contributed by atoms with E-state index in [1.807, 2.05) is 12.1 Å². The highest BCUT2D eigenvalue weighted by Crippen LogP contribution is 2.51. The van der Waals surface area contributed by atoms with Gasteiger partial charge in [-0.25, -0.2) is 9.97 Å². The number of fused-ring (bicyclic) bond motifs is 2. The van der Waals surface area contributed by atoms with E-state index < -0.39 is 5.91 Å². The minimum Gasteiger partial charge on any atom is -0.481 e. The molecule has 2 aromatic carbocycles. The van der Waals surface area contributed by atoms with Gasteiger partial charge in [0.15, 0.2) is 11.5 Å². The quantitative estimate of drug-likeness (QED) is 0.459. The largest absolute Gasteiger partial charge is 0.481 e. The molecule has 1 aliphatic carbocycles. The van der Waals surface area contributed by atoms with Gasteiger partial charge in [0.2, 0.25) is 0 Å². The minimum absolute atomic E-state index is 0.0105. The number of amides is 2. The first-order chi connectivity index (χ1) is 18.4. The normalized spacial score (nSPS) is 18.8. The fourth-order valence-electron chi connectivity index (χ4n) is 5.84. The second-order valence-corrected chi connectivity index (χ2v) is 10.1. The molecule has 1 atom stereocenters. The molecule has 6 rings (SSSR count). The molecule has 38 heavy (non-hydrogen) atoms. The monoisotopic (exact) mass is 508 g/mol. The van der Waals surface area contributed by atoms with Crippen LogP contribution in [0.2, 0.25) is 0 Å². The first-order valence-corrected chi connectivity index (χ1v) is 12.7. The van der Waals surface area contributed by atoms with Gasteiger partial charge in [0, 0.05) is 31.2 Å². The molecule has 0 bridgehead atoms. The zero-order valence-corrected chi connectivity index (χ0v) is 20.9. The Kier molecular flexibility index (Phi) is 5.97. The van der Waals surface area contributed by atoms with E-state index in [1.165, 1.54) is 11.1 Å². The van der Waals surface area contributed by atoms with E-state index in [2.05, 4.69) is 50.2 Å². The Morgan fingerprint density at radius 2 is 2.00 bits per heavy atom. The van der Waals surface area contributed by atoms with Crippen molar-refractivity contribution < 1.29 is 14.3 Å². The highest BCUT2D eigenvalue weighted by molar-refractivity contribution is 5.98. The standard InChI is InChI=1S/C29H28N6O3/c30-25-22-6-2-1-4-18(22)15-29(25)9-11-35(12-10-29)27-24(26(31)36)34-20(17-32-27)5-3-13-38-21-8-7-19-16-33-28(37)23(19)14-21/h1-2,4,6-8,14,17,25H,9-13,15-16,30H2,(H2,31,36)(H,33,37)/t25-/m1/s1. The van der Waals surface area contributed by atoms with E-state index in [9.17, 15) is 9.59 Å². The summed E-state index contributed by atoms with van der Waals surface area (Å²) in [6.45, 7) is 2.06. The summed E-state index contributed by atoms with van der Waals surface area (Å²) in [6, 6.07) is 13.8. The first-order valence-electron chi connectivity index (χ1n) is 12.7. The molecular weight excluding hydrogens is 480 g/mol. The average molecular weight is 509 g/mol. The number of nitrogens with zero attached hydrogens (tertiary/aromatic N) is 3. The number of nitrogens with two attached hydrogens (primary N) is 2. The number of rotatable bonds is 4. The molecule has 9 nitrogen and oxygen atoms in total. The molecular formula is C29H28N6O3. The molecule has 5 N–H and O–H groups in total. The summed E-state index contributed by atoms with van der Waals surface area (Å²) in [6.07, 6.45) is 4.32. The Morgan fingerprint density at radius 3 is 2.79 bits per heavy atom. The summed E-state index contributed by atoms with van der Waals surface area (Å²) in [5, 5.41) is 2.78. The lowest BCUT2D eigenvalue weighted by Gasteiger charge is -2.42. The zero-order chi connectivity index (χ0) is 26.3. The van der Waals surface area contributed by atoms with Crippen molar-refractivity contribution in [3.05, 3.63) is 82.3 Å². The van der Waals surface area contributed by atoms with Crippen LogP contribution in [0.1, 0.15) is 62.1 Å². The van der Waals surface area contributed by atoms with Gasteiger partial charge >= 0.3 is 0 Å². The Balaban J connectivity index is 1.12. The van der Waals surface area contributed by atoms with Crippen molar-refractivity contribution in [2.24, 2.45) is 16.9 Å². The number of carbonyl (C=O) groups is 2. The number of carbonyl (C=O) groups excluding carboxylic acids is 2. The molecule has 0 saturated carbocycles. The van der Waals surface area contributed by atoms with Crippen molar-refractivity contribution in [1.29, 1.82) is 0 Å². The van der Waals surface area contributed by atoms with Crippen molar-refractivity contribution in [2.75, 3.05) is 24.6 Å². The van der Waals surface area contributed by atoms with Crippen LogP contribution in [0.4, 0.5) is 5.82 Å². The van der Waals surface area contributed by atoms with E-state index in [0.717, 1.165) is 24.8 Å². The number of piperidine rings is 1. The number of primary amides is 1. The molecule has 1 saturated heterocycles. The number of aromatic nitrogens is 2. The van der Waals surface area contributed by atoms with Crippen LogP contribution in [0.25, 0.3) is 0 Å². The van der Waals surface area contributed by atoms with Crippen LogP contribution in [-0.4, -0.2) is 41.5 Å². The summed E-state index contributed by atoms with van der Waals surface area (Å²) in [7, 11) is 0. The Morgan fingerprint density at radius 1 is 1.18 bits per heavy atom. The second-order valence-electron chi connectivity index (χ2n) is 10.1. The highest BCUT2D eigenvalue weighted by Gasteiger charge is 2.46. The molecule has 1 fully saturated rings. The second kappa shape index (κ2) is 9.47. The fraction of sp³-hybridized carbons (Fsp3) is 0.310. The fourth-order valence-corrected chi connectivity index (χ4v) is 5.84. The van der Waals surface area contributed by atoms with Gasteiger partial charge in [0.05, 0.1) is 6.20 Å². The maximum atomic E-state index is 12.3. The third-order valence-electron chi connectivity index (χ3n) is 7.93. The number of nitrogens with one attached hydrogen (secondary N) is 1. The summed E-state index contributed by atoms with van der Waals surface area (Å²) < 4.78 is 5.66. The van der Waals surface area contributed by atoms with Crippen molar-refractivity contribution in [3.8, 4) is 17.6 Å². The van der Waals surface area contributed by atoms with Crippen LogP contribution in [0.15, 0.2) is 48.7 Å². The van der Waals surface area contributed by atoms with Crippen molar-refractivity contribution in [1.82, 2.24) is 15.3 Å². The number of hydrogen-bond acceptors (Lipinski definition) is 7. The van der Waals surface area contributed by atoms with E-state index >= 15 is 0 Å². The van der Waals surface area contributed by atoms with E-state index in [0.29, 0.717) is 42.5 Å². The van der Waals surface area contributed by atoms with Crippen LogP contribution in [0.5, 0.6) is 5.75 Å². The van der Waals surface area contributed by atoms with Gasteiger partial charge in [-0.1, -0.05) is 36.3 Å². The number of hydrogen-bond donors (Lipinski definition) is 3. The topological polar surface area (TPSA) is 136 Å². The summed E-state index contributed by atoms with van der Waals surface area (Å²) in [5.74, 6) is 6.06. The predicted molar refractivity (Wildman–Crippen MR) is 141 cm³/mol. The van der Waals surface area contributed by atoms with Gasteiger partial charge in [-0.2, -0.15) is 0 Å². The van der Waals surface area contributed by atoms with Gasteiger partial charge in [0.1, 0.15) is 18.1 Å². The van der Waals surface area contributed by atoms with Crippen molar-refractivity contribution >= 4 is 17.6 Å². The lowest BCUT2D eigenvalue weighted by atomic mass is 9.73. The molecule has 1 aromatic heterocycles. The molecule has 192 valence electrons. The molecule has 3 aromatic rings. The Labute approximate surface area is 220 Å². The van der Waals surface area contributed by atoms with Crippen LogP contribution in [0, 0.1) is 17.3 Å². The number of benzene rings is 2. The molecule has 1 spiro atoms. The van der Waals surface area contributed by atoms with Crippen LogP contribution in [0.3, 0.4) is 0 Å². The Hall–Kier alpha value is -4.42. The molecule has 3 aliphatic rings. The molecule has 0 unspecified atom stereocenters. The SMILES string of the molecule is NC(=O)c1nc(C#CCOc2ccc3c(c2)C(=O)NC3)cnc1N1CCC2(CC1)Cc1ccccc1[C@H]2N. The first kappa shape index (κ1) is 23.9. The number of ether oxygens (including phenoxy) is 1. The smallest absolute Gasteiger partial charge is 0.271 e. The number of anilines is 1. The van der Waals surface area contributed by atoms with Gasteiger partial charge < -0.3 is 26.4 Å². The summed E-state index contributed by atoms with van der Waals surface area (Å²) >= 11 is 0. The predicted octanol–water partition coefficient (Wildman–Crippen LogP) is 2.09. The molecule has 3 heterocycles. The summed E-state index contributed by atoms with van der Waals surface area (Å²) in [5.41, 5.74) is 17.0. The average Bonchev–Trinajstić information content (AvgIpc) is 3.43.